The van der Waals surface area contributed by atoms with Gasteiger partial charge in [0.15, 0.2) is 6.04 Å². The third-order valence-electron chi connectivity index (χ3n) is 4.52. The van der Waals surface area contributed by atoms with Crippen LogP contribution in [0.5, 0.6) is 0 Å². The molecule has 1 aliphatic rings. The van der Waals surface area contributed by atoms with E-state index in [0.717, 1.165) is 0 Å². The number of carboxylic acids is 1. The monoisotopic (exact) mass is 385 g/mol. The minimum absolute atomic E-state index is 0.0601. The number of hydrogen-bond donors (Lipinski definition) is 3. The number of benzene rings is 2. The Balaban J connectivity index is 1.72. The van der Waals surface area contributed by atoms with Crippen molar-refractivity contribution in [3.8, 4) is 0 Å². The van der Waals surface area contributed by atoms with Crippen LogP contribution in [0.15, 0.2) is 59.7 Å². The van der Waals surface area contributed by atoms with Gasteiger partial charge < -0.3 is 15.5 Å². The SMILES string of the molecule is CC(NC(=O)C1=NN(c2ccccc2)C(C(=O)O)C1)C(O)c1ccc(F)cc1. The Morgan fingerprint density at radius 3 is 2.43 bits per heavy atom. The molecular formula is C20H20FN3O4. The van der Waals surface area contributed by atoms with Crippen molar-refractivity contribution in [2.24, 2.45) is 5.10 Å². The van der Waals surface area contributed by atoms with E-state index in [-0.39, 0.29) is 12.1 Å². The van der Waals surface area contributed by atoms with Gasteiger partial charge >= 0.3 is 5.97 Å². The lowest BCUT2D eigenvalue weighted by Crippen LogP contribution is -2.41. The third-order valence-corrected chi connectivity index (χ3v) is 4.52. The fraction of sp³-hybridized carbons (Fsp3) is 0.250. The lowest BCUT2D eigenvalue weighted by Gasteiger charge is -2.20. The van der Waals surface area contributed by atoms with Crippen LogP contribution in [0.3, 0.4) is 0 Å². The summed E-state index contributed by atoms with van der Waals surface area (Å²) in [5, 5.41) is 27.9. The third kappa shape index (κ3) is 4.17. The lowest BCUT2D eigenvalue weighted by atomic mass is 10.0. The zero-order valence-electron chi connectivity index (χ0n) is 15.1. The number of anilines is 1. The van der Waals surface area contributed by atoms with E-state index in [0.29, 0.717) is 11.3 Å². The molecule has 0 saturated heterocycles. The molecule has 2 aromatic carbocycles. The molecule has 146 valence electrons. The Hall–Kier alpha value is -3.26. The van der Waals surface area contributed by atoms with Gasteiger partial charge in [-0.25, -0.2) is 9.18 Å². The number of rotatable bonds is 6. The summed E-state index contributed by atoms with van der Waals surface area (Å²) in [6.07, 6.45) is -1.11. The van der Waals surface area contributed by atoms with E-state index in [4.69, 9.17) is 0 Å². The van der Waals surface area contributed by atoms with Crippen LogP contribution in [0.2, 0.25) is 0 Å². The van der Waals surface area contributed by atoms with Gasteiger partial charge in [0.05, 0.1) is 17.8 Å². The van der Waals surface area contributed by atoms with Crippen molar-refractivity contribution in [3.63, 3.8) is 0 Å². The van der Waals surface area contributed by atoms with E-state index in [1.165, 1.54) is 29.3 Å². The molecule has 1 aliphatic heterocycles. The molecule has 3 unspecified atom stereocenters. The van der Waals surface area contributed by atoms with Crippen molar-refractivity contribution in [3.05, 3.63) is 66.0 Å². The van der Waals surface area contributed by atoms with Crippen LogP contribution in [0.4, 0.5) is 10.1 Å². The van der Waals surface area contributed by atoms with E-state index >= 15 is 0 Å². The van der Waals surface area contributed by atoms with Crippen molar-refractivity contribution in [1.29, 1.82) is 0 Å². The molecule has 0 bridgehead atoms. The number of carbonyl (C=O) groups is 2. The molecule has 1 amide bonds. The molecule has 0 radical (unpaired) electrons. The summed E-state index contributed by atoms with van der Waals surface area (Å²) in [6.45, 7) is 1.60. The highest BCUT2D eigenvalue weighted by Crippen LogP contribution is 2.25. The van der Waals surface area contributed by atoms with E-state index in [2.05, 4.69) is 10.4 Å². The normalized spacial score (nSPS) is 18.3. The van der Waals surface area contributed by atoms with Crippen molar-refractivity contribution in [1.82, 2.24) is 5.32 Å². The number of hydrazone groups is 1. The molecule has 8 heteroatoms. The Morgan fingerprint density at radius 1 is 1.18 bits per heavy atom. The van der Waals surface area contributed by atoms with E-state index in [1.54, 1.807) is 37.3 Å². The van der Waals surface area contributed by atoms with Gasteiger partial charge in [0.2, 0.25) is 0 Å². The minimum atomic E-state index is -1.09. The van der Waals surface area contributed by atoms with Crippen LogP contribution in [0, 0.1) is 5.82 Å². The quantitative estimate of drug-likeness (QED) is 0.707. The fourth-order valence-corrected chi connectivity index (χ4v) is 2.98. The molecule has 3 atom stereocenters. The molecule has 3 N–H and O–H groups in total. The maximum Gasteiger partial charge on any atom is 0.328 e. The van der Waals surface area contributed by atoms with Gasteiger partial charge in [-0.1, -0.05) is 30.3 Å². The van der Waals surface area contributed by atoms with Gasteiger partial charge in [-0.3, -0.25) is 9.80 Å². The van der Waals surface area contributed by atoms with Crippen LogP contribution in [0.25, 0.3) is 0 Å². The highest BCUT2D eigenvalue weighted by molar-refractivity contribution is 6.40. The number of carboxylic acid groups (broad SMARTS) is 1. The molecule has 3 rings (SSSR count). The summed E-state index contributed by atoms with van der Waals surface area (Å²) in [5.41, 5.74) is 1.09. The first-order chi connectivity index (χ1) is 13.4. The molecular weight excluding hydrogens is 365 g/mol. The number of aliphatic hydroxyl groups excluding tert-OH is 1. The fourth-order valence-electron chi connectivity index (χ4n) is 2.98. The first kappa shape index (κ1) is 19.5. The molecule has 1 heterocycles. The van der Waals surface area contributed by atoms with Crippen molar-refractivity contribution < 1.29 is 24.2 Å². The average molecular weight is 385 g/mol. The number of nitrogens with one attached hydrogen (secondary N) is 1. The maximum atomic E-state index is 13.0. The number of halogens is 1. The highest BCUT2D eigenvalue weighted by Gasteiger charge is 2.36. The Bertz CT molecular complexity index is 886. The number of amides is 1. The van der Waals surface area contributed by atoms with Crippen LogP contribution in [-0.4, -0.2) is 39.9 Å². The number of para-hydroxylation sites is 1. The van der Waals surface area contributed by atoms with Crippen LogP contribution >= 0.6 is 0 Å². The Morgan fingerprint density at radius 2 is 1.82 bits per heavy atom. The van der Waals surface area contributed by atoms with Gasteiger partial charge in [0.1, 0.15) is 11.5 Å². The standard InChI is InChI=1S/C20H20FN3O4/c1-12(18(25)13-7-9-14(21)10-8-13)22-19(26)16-11-17(20(27)28)24(23-16)15-5-3-2-4-6-15/h2-10,12,17-18,25H,11H2,1H3,(H,22,26)(H,27,28). The maximum absolute atomic E-state index is 13.0. The van der Waals surface area contributed by atoms with Crippen molar-refractivity contribution in [2.45, 2.75) is 31.5 Å². The van der Waals surface area contributed by atoms with Crippen molar-refractivity contribution >= 4 is 23.3 Å². The van der Waals surface area contributed by atoms with Gasteiger partial charge in [0, 0.05) is 6.42 Å². The van der Waals surface area contributed by atoms with Crippen LogP contribution in [0.1, 0.15) is 25.0 Å². The first-order valence-corrected chi connectivity index (χ1v) is 8.76. The predicted molar refractivity (Wildman–Crippen MR) is 101 cm³/mol. The highest BCUT2D eigenvalue weighted by atomic mass is 19.1. The predicted octanol–water partition coefficient (Wildman–Crippen LogP) is 2.08. The molecule has 0 fully saturated rings. The summed E-state index contributed by atoms with van der Waals surface area (Å²) in [7, 11) is 0. The summed E-state index contributed by atoms with van der Waals surface area (Å²) in [4.78, 5) is 24.1. The average Bonchev–Trinajstić information content (AvgIpc) is 3.14. The van der Waals surface area contributed by atoms with Gasteiger partial charge in [-0.15, -0.1) is 0 Å². The summed E-state index contributed by atoms with van der Waals surface area (Å²) < 4.78 is 13.0. The van der Waals surface area contributed by atoms with Gasteiger partial charge in [-0.2, -0.15) is 5.10 Å². The Labute approximate surface area is 161 Å². The topological polar surface area (TPSA) is 102 Å². The zero-order chi connectivity index (χ0) is 20.3. The molecule has 0 spiro atoms. The molecule has 0 saturated carbocycles. The number of nitrogens with zero attached hydrogens (tertiary/aromatic N) is 2. The number of carbonyl (C=O) groups excluding carboxylic acids is 1. The molecule has 2 aromatic rings. The molecule has 0 aliphatic carbocycles. The number of aliphatic carboxylic acids is 1. The summed E-state index contributed by atoms with van der Waals surface area (Å²) >= 11 is 0. The Kier molecular flexibility index (Phi) is 5.70. The second-order valence-corrected chi connectivity index (χ2v) is 6.54. The number of hydrogen-bond acceptors (Lipinski definition) is 5. The summed E-state index contributed by atoms with van der Waals surface area (Å²) in [6, 6.07) is 12.4. The van der Waals surface area contributed by atoms with Crippen LogP contribution in [-0.2, 0) is 9.59 Å². The second kappa shape index (κ2) is 8.18. The molecule has 0 aromatic heterocycles. The van der Waals surface area contributed by atoms with Crippen LogP contribution < -0.4 is 10.3 Å². The largest absolute Gasteiger partial charge is 0.480 e. The molecule has 28 heavy (non-hydrogen) atoms. The van der Waals surface area contributed by atoms with E-state index in [1.807, 2.05) is 0 Å². The van der Waals surface area contributed by atoms with Gasteiger partial charge in [0.25, 0.3) is 5.91 Å². The number of aliphatic hydroxyl groups is 1. The first-order valence-electron chi connectivity index (χ1n) is 8.76. The lowest BCUT2D eigenvalue weighted by molar-refractivity contribution is -0.138. The van der Waals surface area contributed by atoms with E-state index in [9.17, 15) is 24.2 Å². The van der Waals surface area contributed by atoms with Gasteiger partial charge in [-0.05, 0) is 36.8 Å². The van der Waals surface area contributed by atoms with E-state index < -0.39 is 35.9 Å². The second-order valence-electron chi connectivity index (χ2n) is 6.54. The summed E-state index contributed by atoms with van der Waals surface area (Å²) in [5.74, 6) is -2.07. The van der Waals surface area contributed by atoms with Crippen molar-refractivity contribution in [2.75, 3.05) is 5.01 Å². The molecule has 7 nitrogen and oxygen atoms in total. The minimum Gasteiger partial charge on any atom is -0.480 e. The smallest absolute Gasteiger partial charge is 0.328 e. The zero-order valence-corrected chi connectivity index (χ0v) is 15.1.